The second-order valence-electron chi connectivity index (χ2n) is 5.36. The Bertz CT molecular complexity index is 385. The molecule has 3 rings (SSSR count). The van der Waals surface area contributed by atoms with Crippen molar-refractivity contribution in [1.82, 2.24) is 0 Å². The summed E-state index contributed by atoms with van der Waals surface area (Å²) in [7, 11) is 0. The molecule has 0 bridgehead atoms. The summed E-state index contributed by atoms with van der Waals surface area (Å²) >= 11 is 0. The molecule has 0 radical (unpaired) electrons. The van der Waals surface area contributed by atoms with Gasteiger partial charge in [0, 0.05) is 12.8 Å². The number of carbonyl (C=O) groups is 1. The Kier molecular flexibility index (Phi) is 2.98. The van der Waals surface area contributed by atoms with Crippen molar-refractivity contribution in [3.05, 3.63) is 35.9 Å². The van der Waals surface area contributed by atoms with Gasteiger partial charge in [-0.1, -0.05) is 30.3 Å². The van der Waals surface area contributed by atoms with E-state index >= 15 is 0 Å². The van der Waals surface area contributed by atoms with Crippen molar-refractivity contribution in [3.8, 4) is 0 Å². The van der Waals surface area contributed by atoms with Gasteiger partial charge in [0.25, 0.3) is 0 Å². The van der Waals surface area contributed by atoms with Crippen LogP contribution >= 0.6 is 0 Å². The molecule has 0 N–H and O–H groups in total. The Balaban J connectivity index is 1.37. The van der Waals surface area contributed by atoms with Gasteiger partial charge in [-0.2, -0.15) is 0 Å². The molecule has 2 nitrogen and oxygen atoms in total. The third-order valence-corrected chi connectivity index (χ3v) is 4.11. The van der Waals surface area contributed by atoms with Crippen LogP contribution in [-0.4, -0.2) is 11.9 Å². The summed E-state index contributed by atoms with van der Waals surface area (Å²) in [5.41, 5.74) is 1.25. The van der Waals surface area contributed by atoms with Crippen molar-refractivity contribution in [2.24, 2.45) is 11.8 Å². The number of ketones is 1. The molecule has 2 aliphatic carbocycles. The van der Waals surface area contributed by atoms with Gasteiger partial charge in [0.1, 0.15) is 5.78 Å². The van der Waals surface area contributed by atoms with E-state index < -0.39 is 0 Å². The van der Waals surface area contributed by atoms with E-state index in [9.17, 15) is 4.79 Å². The van der Waals surface area contributed by atoms with Crippen LogP contribution < -0.4 is 0 Å². The molecule has 90 valence electrons. The highest BCUT2D eigenvalue weighted by molar-refractivity contribution is 5.84. The first kappa shape index (κ1) is 11.0. The molecule has 0 amide bonds. The summed E-state index contributed by atoms with van der Waals surface area (Å²) in [6.45, 7) is 0.724. The Morgan fingerprint density at radius 2 is 1.76 bits per heavy atom. The normalized spacial score (nSPS) is 28.6. The van der Waals surface area contributed by atoms with E-state index in [2.05, 4.69) is 12.1 Å². The van der Waals surface area contributed by atoms with E-state index in [4.69, 9.17) is 4.74 Å². The fourth-order valence-electron chi connectivity index (χ4n) is 2.77. The lowest BCUT2D eigenvalue weighted by Crippen LogP contribution is -2.41. The maximum absolute atomic E-state index is 10.9. The molecule has 0 saturated heterocycles. The number of rotatable bonds is 4. The van der Waals surface area contributed by atoms with Crippen LogP contribution in [0.1, 0.15) is 31.2 Å². The molecule has 2 fully saturated rings. The van der Waals surface area contributed by atoms with E-state index in [-0.39, 0.29) is 0 Å². The van der Waals surface area contributed by atoms with Crippen LogP contribution in [-0.2, 0) is 16.1 Å². The predicted molar refractivity (Wildman–Crippen MR) is 65.5 cm³/mol. The smallest absolute Gasteiger partial charge is 0.133 e. The van der Waals surface area contributed by atoms with Gasteiger partial charge in [-0.25, -0.2) is 0 Å². The van der Waals surface area contributed by atoms with Crippen LogP contribution in [0.4, 0.5) is 0 Å². The molecule has 0 spiro atoms. The number of benzene rings is 1. The average Bonchev–Trinajstić information content (AvgIpc) is 2.25. The first-order chi connectivity index (χ1) is 8.31. The average molecular weight is 230 g/mol. The van der Waals surface area contributed by atoms with Crippen molar-refractivity contribution in [1.29, 1.82) is 0 Å². The standard InChI is InChI=1S/C15H18O2/c16-14-6-12(7-14)13-8-15(9-13)17-10-11-4-2-1-3-5-11/h1-5,12-13,15H,6-10H2. The van der Waals surface area contributed by atoms with E-state index in [1.54, 1.807) is 0 Å². The van der Waals surface area contributed by atoms with Crippen molar-refractivity contribution in [2.75, 3.05) is 0 Å². The maximum atomic E-state index is 10.9. The van der Waals surface area contributed by atoms with Crippen LogP contribution in [0.5, 0.6) is 0 Å². The van der Waals surface area contributed by atoms with Gasteiger partial charge in [-0.3, -0.25) is 4.79 Å². The van der Waals surface area contributed by atoms with Crippen molar-refractivity contribution < 1.29 is 9.53 Å². The first-order valence-electron chi connectivity index (χ1n) is 6.48. The van der Waals surface area contributed by atoms with Gasteiger partial charge in [0.05, 0.1) is 12.7 Å². The second-order valence-corrected chi connectivity index (χ2v) is 5.36. The lowest BCUT2D eigenvalue weighted by molar-refractivity contribution is -0.133. The highest BCUT2D eigenvalue weighted by Crippen LogP contribution is 2.43. The minimum Gasteiger partial charge on any atom is -0.374 e. The Labute approximate surface area is 102 Å². The van der Waals surface area contributed by atoms with Gasteiger partial charge in [-0.05, 0) is 30.2 Å². The van der Waals surface area contributed by atoms with Gasteiger partial charge < -0.3 is 4.74 Å². The number of hydrogen-bond acceptors (Lipinski definition) is 2. The van der Waals surface area contributed by atoms with Gasteiger partial charge >= 0.3 is 0 Å². The maximum Gasteiger partial charge on any atom is 0.133 e. The molecule has 0 unspecified atom stereocenters. The molecule has 1 aromatic carbocycles. The lowest BCUT2D eigenvalue weighted by atomic mass is 9.65. The summed E-state index contributed by atoms with van der Waals surface area (Å²) in [6.07, 6.45) is 4.40. The van der Waals surface area contributed by atoms with Crippen LogP contribution in [0.3, 0.4) is 0 Å². The topological polar surface area (TPSA) is 26.3 Å². The molecule has 0 heterocycles. The zero-order valence-corrected chi connectivity index (χ0v) is 9.97. The molecule has 2 aliphatic rings. The van der Waals surface area contributed by atoms with Crippen molar-refractivity contribution >= 4 is 5.78 Å². The minimum absolute atomic E-state index is 0.427. The van der Waals surface area contributed by atoms with Gasteiger partial charge in [0.15, 0.2) is 0 Å². The number of carbonyl (C=O) groups excluding carboxylic acids is 1. The zero-order chi connectivity index (χ0) is 11.7. The largest absolute Gasteiger partial charge is 0.374 e. The molecular weight excluding hydrogens is 212 g/mol. The van der Waals surface area contributed by atoms with Crippen molar-refractivity contribution in [3.63, 3.8) is 0 Å². The lowest BCUT2D eigenvalue weighted by Gasteiger charge is -2.43. The van der Waals surface area contributed by atoms with Crippen LogP contribution in [0.15, 0.2) is 30.3 Å². The Morgan fingerprint density at radius 3 is 2.41 bits per heavy atom. The second kappa shape index (κ2) is 4.61. The quantitative estimate of drug-likeness (QED) is 0.795. The summed E-state index contributed by atoms with van der Waals surface area (Å²) < 4.78 is 5.85. The fraction of sp³-hybridized carbons (Fsp3) is 0.533. The molecular formula is C15H18O2. The predicted octanol–water partition coefficient (Wildman–Crippen LogP) is 2.96. The van der Waals surface area contributed by atoms with E-state index in [1.165, 1.54) is 5.56 Å². The third kappa shape index (κ3) is 2.42. The van der Waals surface area contributed by atoms with Crippen LogP contribution in [0, 0.1) is 11.8 Å². The summed E-state index contributed by atoms with van der Waals surface area (Å²) in [5.74, 6) is 1.89. The molecule has 0 aliphatic heterocycles. The third-order valence-electron chi connectivity index (χ3n) is 4.11. The number of Topliss-reactive ketones (excluding diaryl/α,β-unsaturated/α-hetero) is 1. The molecule has 1 aromatic rings. The van der Waals surface area contributed by atoms with Crippen LogP contribution in [0.2, 0.25) is 0 Å². The highest BCUT2D eigenvalue weighted by atomic mass is 16.5. The first-order valence-corrected chi connectivity index (χ1v) is 6.48. The van der Waals surface area contributed by atoms with E-state index in [0.717, 1.165) is 38.2 Å². The zero-order valence-electron chi connectivity index (χ0n) is 9.97. The molecule has 17 heavy (non-hydrogen) atoms. The number of ether oxygens (including phenoxy) is 1. The SMILES string of the molecule is O=C1CC(C2CC(OCc3ccccc3)C2)C1. The van der Waals surface area contributed by atoms with E-state index in [0.29, 0.717) is 17.8 Å². The monoisotopic (exact) mass is 230 g/mol. The van der Waals surface area contributed by atoms with Gasteiger partial charge in [-0.15, -0.1) is 0 Å². The van der Waals surface area contributed by atoms with Crippen LogP contribution in [0.25, 0.3) is 0 Å². The minimum atomic E-state index is 0.427. The molecule has 2 saturated carbocycles. The van der Waals surface area contributed by atoms with E-state index in [1.807, 2.05) is 18.2 Å². The molecule has 2 heteroatoms. The van der Waals surface area contributed by atoms with Gasteiger partial charge in [0.2, 0.25) is 0 Å². The highest BCUT2D eigenvalue weighted by Gasteiger charge is 2.41. The Hall–Kier alpha value is -1.15. The molecule has 0 aromatic heterocycles. The van der Waals surface area contributed by atoms with Crippen molar-refractivity contribution in [2.45, 2.75) is 38.4 Å². The molecule has 0 atom stereocenters. The fourth-order valence-corrected chi connectivity index (χ4v) is 2.77. The number of hydrogen-bond donors (Lipinski definition) is 0. The summed E-state index contributed by atoms with van der Waals surface area (Å²) in [5, 5.41) is 0. The summed E-state index contributed by atoms with van der Waals surface area (Å²) in [6, 6.07) is 10.3. The Morgan fingerprint density at radius 1 is 1.06 bits per heavy atom. The summed E-state index contributed by atoms with van der Waals surface area (Å²) in [4.78, 5) is 10.9.